The van der Waals surface area contributed by atoms with Gasteiger partial charge in [0.15, 0.2) is 0 Å². The molecule has 0 unspecified atom stereocenters. The highest BCUT2D eigenvalue weighted by Crippen LogP contribution is 2.38. The zero-order chi connectivity index (χ0) is 28.4. The van der Waals surface area contributed by atoms with Gasteiger partial charge in [0.25, 0.3) is 10.1 Å². The molecule has 9 heteroatoms. The van der Waals surface area contributed by atoms with Gasteiger partial charge in [0.05, 0.1) is 11.0 Å². The first kappa shape index (κ1) is 27.0. The van der Waals surface area contributed by atoms with E-state index in [1.54, 1.807) is 30.5 Å². The minimum atomic E-state index is -3.82. The maximum atomic E-state index is 12.8. The first-order valence-corrected chi connectivity index (χ1v) is 15.2. The third-order valence-corrected chi connectivity index (χ3v) is 8.95. The van der Waals surface area contributed by atoms with E-state index < -0.39 is 10.1 Å². The molecule has 210 valence electrons. The molecule has 6 rings (SSSR count). The highest BCUT2D eigenvalue weighted by atomic mass is 32.2. The van der Waals surface area contributed by atoms with Crippen LogP contribution in [0.3, 0.4) is 0 Å². The fourth-order valence-electron chi connectivity index (χ4n) is 5.41. The molecule has 2 N–H and O–H groups in total. The summed E-state index contributed by atoms with van der Waals surface area (Å²) in [5, 5.41) is 0. The summed E-state index contributed by atoms with van der Waals surface area (Å²) in [6.07, 6.45) is 5.92. The van der Waals surface area contributed by atoms with E-state index in [4.69, 9.17) is 19.6 Å². The lowest BCUT2D eigenvalue weighted by Gasteiger charge is -2.27. The second kappa shape index (κ2) is 11.3. The van der Waals surface area contributed by atoms with Crippen molar-refractivity contribution in [3.05, 3.63) is 108 Å². The predicted octanol–water partition coefficient (Wildman–Crippen LogP) is 6.30. The summed E-state index contributed by atoms with van der Waals surface area (Å²) >= 11 is 0. The number of nitrogens with zero attached hydrogens (tertiary/aromatic N) is 3. The van der Waals surface area contributed by atoms with Crippen molar-refractivity contribution in [3.63, 3.8) is 0 Å². The zero-order valence-corrected chi connectivity index (χ0v) is 23.6. The molecule has 0 radical (unpaired) electrons. The van der Waals surface area contributed by atoms with Crippen molar-refractivity contribution < 1.29 is 17.3 Å². The van der Waals surface area contributed by atoms with E-state index in [1.165, 1.54) is 0 Å². The average Bonchev–Trinajstić information content (AvgIpc) is 3.38. The summed E-state index contributed by atoms with van der Waals surface area (Å²) in [5.74, 6) is 2.15. The van der Waals surface area contributed by atoms with Gasteiger partial charge in [-0.25, -0.2) is 9.97 Å². The Morgan fingerprint density at radius 3 is 2.46 bits per heavy atom. The topological polar surface area (TPSA) is 109 Å². The van der Waals surface area contributed by atoms with E-state index in [0.717, 1.165) is 52.3 Å². The van der Waals surface area contributed by atoms with Crippen molar-refractivity contribution in [3.8, 4) is 17.0 Å². The van der Waals surface area contributed by atoms with E-state index in [0.29, 0.717) is 25.3 Å². The summed E-state index contributed by atoms with van der Waals surface area (Å²) in [6.45, 7) is 2.39. The molecule has 0 atom stereocenters. The SMILES string of the molecule is Cc1ccc(S(=O)(=O)OC2CCC(c3nc(-c4cccc(OCc5ccccc5)c4)c4c(N)nccn34)CC2)cc1. The van der Waals surface area contributed by atoms with Crippen LogP contribution < -0.4 is 10.5 Å². The summed E-state index contributed by atoms with van der Waals surface area (Å²) in [7, 11) is -3.82. The van der Waals surface area contributed by atoms with E-state index in [2.05, 4.69) is 4.98 Å². The number of ether oxygens (including phenoxy) is 1. The molecule has 1 aliphatic carbocycles. The number of fused-ring (bicyclic) bond motifs is 1. The van der Waals surface area contributed by atoms with Crippen molar-refractivity contribution in [2.75, 3.05) is 5.73 Å². The Labute approximate surface area is 239 Å². The van der Waals surface area contributed by atoms with Gasteiger partial charge in [0, 0.05) is 23.9 Å². The Kier molecular flexibility index (Phi) is 7.47. The Hall–Kier alpha value is -4.21. The second-order valence-electron chi connectivity index (χ2n) is 10.5. The monoisotopic (exact) mass is 568 g/mol. The van der Waals surface area contributed by atoms with E-state index in [9.17, 15) is 8.42 Å². The summed E-state index contributed by atoms with van der Waals surface area (Å²) in [6, 6.07) is 24.6. The number of nitrogens with two attached hydrogens (primary N) is 1. The van der Waals surface area contributed by atoms with Crippen LogP contribution in [-0.4, -0.2) is 28.9 Å². The Morgan fingerprint density at radius 2 is 1.71 bits per heavy atom. The van der Waals surface area contributed by atoms with Gasteiger partial charge in [0.2, 0.25) is 0 Å². The predicted molar refractivity (Wildman–Crippen MR) is 158 cm³/mol. The second-order valence-corrected chi connectivity index (χ2v) is 12.1. The number of benzene rings is 3. The quantitative estimate of drug-likeness (QED) is 0.219. The molecule has 1 saturated carbocycles. The summed E-state index contributed by atoms with van der Waals surface area (Å²) in [4.78, 5) is 9.61. The molecule has 2 heterocycles. The zero-order valence-electron chi connectivity index (χ0n) is 22.8. The van der Waals surface area contributed by atoms with Crippen molar-refractivity contribution in [1.29, 1.82) is 0 Å². The molecule has 8 nitrogen and oxygen atoms in total. The molecule has 0 spiro atoms. The van der Waals surface area contributed by atoms with Crippen molar-refractivity contribution in [2.45, 2.75) is 56.1 Å². The van der Waals surface area contributed by atoms with Crippen LogP contribution in [0, 0.1) is 6.92 Å². The van der Waals surface area contributed by atoms with Crippen LogP contribution in [0.25, 0.3) is 16.8 Å². The maximum absolute atomic E-state index is 12.8. The highest BCUT2D eigenvalue weighted by molar-refractivity contribution is 7.86. The Morgan fingerprint density at radius 1 is 0.951 bits per heavy atom. The minimum absolute atomic E-state index is 0.123. The number of imidazole rings is 1. The largest absolute Gasteiger partial charge is 0.489 e. The number of aromatic nitrogens is 3. The third kappa shape index (κ3) is 5.82. The van der Waals surface area contributed by atoms with E-state index in [-0.39, 0.29) is 16.9 Å². The van der Waals surface area contributed by atoms with Crippen LogP contribution in [0.4, 0.5) is 5.82 Å². The molecule has 0 bridgehead atoms. The van der Waals surface area contributed by atoms with Crippen molar-refractivity contribution >= 4 is 21.5 Å². The molecule has 3 aromatic carbocycles. The molecule has 2 aromatic heterocycles. The number of hydrogen-bond donors (Lipinski definition) is 1. The first-order chi connectivity index (χ1) is 19.9. The normalized spacial score (nSPS) is 17.5. The smallest absolute Gasteiger partial charge is 0.297 e. The number of rotatable bonds is 8. The summed E-state index contributed by atoms with van der Waals surface area (Å²) in [5.41, 5.74) is 10.9. The minimum Gasteiger partial charge on any atom is -0.489 e. The van der Waals surface area contributed by atoms with Gasteiger partial charge in [-0.05, 0) is 62.4 Å². The standard InChI is InChI=1S/C32H32N4O4S/c1-22-10-16-28(17-11-22)41(37,38)40-26-14-12-24(13-15-26)32-35-29(30-31(33)34-18-19-36(30)32)25-8-5-9-27(20-25)39-21-23-6-3-2-4-7-23/h2-11,16-20,24,26H,12-15,21H2,1H3,(H2,33,34). The number of anilines is 1. The number of aryl methyl sites for hydroxylation is 1. The highest BCUT2D eigenvalue weighted by Gasteiger charge is 2.31. The van der Waals surface area contributed by atoms with Gasteiger partial charge < -0.3 is 10.5 Å². The lowest BCUT2D eigenvalue weighted by atomic mass is 9.87. The third-order valence-electron chi connectivity index (χ3n) is 7.58. The van der Waals surface area contributed by atoms with Gasteiger partial charge in [0.1, 0.15) is 35.2 Å². The average molecular weight is 569 g/mol. The Balaban J connectivity index is 1.21. The van der Waals surface area contributed by atoms with Crippen LogP contribution in [0.5, 0.6) is 5.75 Å². The van der Waals surface area contributed by atoms with Crippen LogP contribution in [0.15, 0.2) is 96.2 Å². The molecular formula is C32H32N4O4S. The van der Waals surface area contributed by atoms with Crippen LogP contribution in [0.2, 0.25) is 0 Å². The van der Waals surface area contributed by atoms with Gasteiger partial charge in [-0.1, -0.05) is 60.2 Å². The van der Waals surface area contributed by atoms with Crippen molar-refractivity contribution in [1.82, 2.24) is 14.4 Å². The summed E-state index contributed by atoms with van der Waals surface area (Å²) < 4.78 is 39.4. The molecule has 0 amide bonds. The molecule has 0 aliphatic heterocycles. The maximum Gasteiger partial charge on any atom is 0.297 e. The van der Waals surface area contributed by atoms with Gasteiger partial charge in [-0.3, -0.25) is 8.58 Å². The number of nitrogen functional groups attached to an aromatic ring is 1. The van der Waals surface area contributed by atoms with E-state index >= 15 is 0 Å². The van der Waals surface area contributed by atoms with Crippen LogP contribution in [-0.2, 0) is 20.9 Å². The molecule has 0 saturated heterocycles. The van der Waals surface area contributed by atoms with Crippen LogP contribution >= 0.6 is 0 Å². The van der Waals surface area contributed by atoms with E-state index in [1.807, 2.05) is 72.1 Å². The molecule has 1 aliphatic rings. The molecule has 41 heavy (non-hydrogen) atoms. The fourth-order valence-corrected chi connectivity index (χ4v) is 6.54. The lowest BCUT2D eigenvalue weighted by Crippen LogP contribution is -2.24. The molecule has 5 aromatic rings. The van der Waals surface area contributed by atoms with Gasteiger partial charge >= 0.3 is 0 Å². The van der Waals surface area contributed by atoms with Crippen LogP contribution in [0.1, 0.15) is 48.6 Å². The molecule has 1 fully saturated rings. The van der Waals surface area contributed by atoms with Crippen molar-refractivity contribution in [2.24, 2.45) is 0 Å². The Bertz CT molecular complexity index is 1760. The van der Waals surface area contributed by atoms with Gasteiger partial charge in [-0.2, -0.15) is 8.42 Å². The number of hydrogen-bond acceptors (Lipinski definition) is 7. The van der Waals surface area contributed by atoms with Gasteiger partial charge in [-0.15, -0.1) is 0 Å². The lowest BCUT2D eigenvalue weighted by molar-refractivity contribution is 0.152. The fraction of sp³-hybridized carbons (Fsp3) is 0.250. The first-order valence-electron chi connectivity index (χ1n) is 13.8. The molecular weight excluding hydrogens is 536 g/mol.